The summed E-state index contributed by atoms with van der Waals surface area (Å²) in [5, 5.41) is 6.33. The van der Waals surface area contributed by atoms with Crippen LogP contribution >= 0.6 is 0 Å². The van der Waals surface area contributed by atoms with Crippen LogP contribution in [-0.4, -0.2) is 73.9 Å². The fraction of sp³-hybridized carbons (Fsp3) is 0.417. The molecule has 1 saturated heterocycles. The molecule has 186 valence electrons. The second kappa shape index (κ2) is 10.3. The molecular weight excluding hydrogens is 466 g/mol. The number of aromatic nitrogens is 2. The van der Waals surface area contributed by atoms with E-state index in [-0.39, 0.29) is 11.9 Å². The molecule has 1 aliphatic heterocycles. The van der Waals surface area contributed by atoms with E-state index in [4.69, 9.17) is 0 Å². The van der Waals surface area contributed by atoms with Crippen LogP contribution in [0.15, 0.2) is 48.8 Å². The molecule has 0 radical (unpaired) electrons. The number of rotatable bonds is 9. The van der Waals surface area contributed by atoms with Crippen molar-refractivity contribution in [3.8, 4) is 11.3 Å². The van der Waals surface area contributed by atoms with Gasteiger partial charge in [-0.05, 0) is 43.5 Å². The van der Waals surface area contributed by atoms with E-state index in [1.54, 1.807) is 30.5 Å². The first kappa shape index (κ1) is 23.7. The molecule has 2 fully saturated rings. The van der Waals surface area contributed by atoms with Gasteiger partial charge in [-0.2, -0.15) is 13.1 Å². The fourth-order valence-corrected chi connectivity index (χ4v) is 5.16. The summed E-state index contributed by atoms with van der Waals surface area (Å²) in [5.74, 6) is -0.0762. The summed E-state index contributed by atoms with van der Waals surface area (Å²) in [4.78, 5) is 19.4. The van der Waals surface area contributed by atoms with E-state index in [2.05, 4.69) is 30.0 Å². The number of amides is 1. The van der Waals surface area contributed by atoms with Crippen LogP contribution in [0, 0.1) is 0 Å². The van der Waals surface area contributed by atoms with Gasteiger partial charge >= 0.3 is 0 Å². The Bertz CT molecular complexity index is 1300. The number of carbonyl (C=O) groups excluding carboxylic acids is 1. The first-order valence-corrected chi connectivity index (χ1v) is 13.5. The highest BCUT2D eigenvalue weighted by molar-refractivity contribution is 7.90. The molecule has 1 aromatic carbocycles. The van der Waals surface area contributed by atoms with Gasteiger partial charge in [-0.3, -0.25) is 14.4 Å². The number of imidazole rings is 1. The van der Waals surface area contributed by atoms with Gasteiger partial charge in [0, 0.05) is 63.3 Å². The van der Waals surface area contributed by atoms with Crippen molar-refractivity contribution in [2.24, 2.45) is 0 Å². The Balaban J connectivity index is 1.24. The molecule has 0 spiro atoms. The van der Waals surface area contributed by atoms with Crippen molar-refractivity contribution in [1.29, 1.82) is 0 Å². The van der Waals surface area contributed by atoms with Crippen molar-refractivity contribution in [2.45, 2.75) is 25.3 Å². The summed E-state index contributed by atoms with van der Waals surface area (Å²) in [7, 11) is -3.69. The van der Waals surface area contributed by atoms with Gasteiger partial charge < -0.3 is 15.0 Å². The molecule has 3 heterocycles. The Morgan fingerprint density at radius 1 is 1.11 bits per heavy atom. The summed E-state index contributed by atoms with van der Waals surface area (Å²) in [6.45, 7) is 4.71. The van der Waals surface area contributed by atoms with E-state index in [1.165, 1.54) is 0 Å². The predicted octanol–water partition coefficient (Wildman–Crippen LogP) is 1.44. The van der Waals surface area contributed by atoms with Crippen molar-refractivity contribution in [3.05, 3.63) is 54.4 Å². The number of fused-ring (bicyclic) bond motifs is 1. The summed E-state index contributed by atoms with van der Waals surface area (Å²) in [5.41, 5.74) is 3.21. The van der Waals surface area contributed by atoms with Crippen LogP contribution < -0.4 is 20.1 Å². The number of benzene rings is 1. The summed E-state index contributed by atoms with van der Waals surface area (Å²) >= 11 is 0. The maximum atomic E-state index is 12.5. The van der Waals surface area contributed by atoms with E-state index in [9.17, 15) is 13.2 Å². The number of piperazine rings is 1. The lowest BCUT2D eigenvalue weighted by Gasteiger charge is -2.27. The maximum Gasteiger partial charge on any atom is 0.299 e. The van der Waals surface area contributed by atoms with Crippen molar-refractivity contribution >= 4 is 27.5 Å². The van der Waals surface area contributed by atoms with Gasteiger partial charge in [0.05, 0.1) is 16.9 Å². The van der Waals surface area contributed by atoms with Crippen LogP contribution in [0.1, 0.15) is 29.6 Å². The van der Waals surface area contributed by atoms with E-state index >= 15 is 0 Å². The lowest BCUT2D eigenvalue weighted by Crippen LogP contribution is -2.46. The zero-order valence-electron chi connectivity index (χ0n) is 19.5. The van der Waals surface area contributed by atoms with Crippen molar-refractivity contribution < 1.29 is 13.2 Å². The number of nitrogens with one attached hydrogen (secondary N) is 4. The lowest BCUT2D eigenvalue weighted by molar-refractivity contribution is 0.0916. The minimum atomic E-state index is -3.69. The van der Waals surface area contributed by atoms with Gasteiger partial charge in [0.1, 0.15) is 5.65 Å². The molecule has 0 bridgehead atoms. The number of pyridine rings is 1. The Labute approximate surface area is 205 Å². The minimum Gasteiger partial charge on any atom is -0.349 e. The molecule has 2 aromatic heterocycles. The van der Waals surface area contributed by atoms with Crippen molar-refractivity contribution in [2.75, 3.05) is 44.0 Å². The second-order valence-corrected chi connectivity index (χ2v) is 10.6. The largest absolute Gasteiger partial charge is 0.349 e. The Kier molecular flexibility index (Phi) is 7.00. The van der Waals surface area contributed by atoms with Crippen molar-refractivity contribution in [1.82, 2.24) is 29.6 Å². The third-order valence-corrected chi connectivity index (χ3v) is 7.58. The highest BCUT2D eigenvalue weighted by atomic mass is 32.2. The molecule has 10 nitrogen and oxygen atoms in total. The number of nitrogens with zero attached hydrogens (tertiary/aromatic N) is 3. The number of hydrogen-bond donors (Lipinski definition) is 4. The first-order valence-electron chi connectivity index (χ1n) is 12.1. The molecule has 5 rings (SSSR count). The average Bonchev–Trinajstić information content (AvgIpc) is 3.25. The van der Waals surface area contributed by atoms with Crippen LogP contribution in [0.5, 0.6) is 0 Å². The third-order valence-electron chi connectivity index (χ3n) is 6.49. The second-order valence-electron chi connectivity index (χ2n) is 9.08. The van der Waals surface area contributed by atoms with Crippen LogP contribution in [0.3, 0.4) is 0 Å². The number of anilines is 1. The monoisotopic (exact) mass is 497 g/mol. The van der Waals surface area contributed by atoms with E-state index < -0.39 is 10.2 Å². The topological polar surface area (TPSA) is 120 Å². The highest BCUT2D eigenvalue weighted by Gasteiger charge is 2.20. The van der Waals surface area contributed by atoms with Crippen LogP contribution in [0.2, 0.25) is 0 Å². The highest BCUT2D eigenvalue weighted by Crippen LogP contribution is 2.24. The van der Waals surface area contributed by atoms with Gasteiger partial charge in [0.15, 0.2) is 0 Å². The van der Waals surface area contributed by atoms with Crippen LogP contribution in [0.4, 0.5) is 5.69 Å². The Morgan fingerprint density at radius 3 is 2.71 bits per heavy atom. The molecule has 3 aromatic rings. The van der Waals surface area contributed by atoms with Gasteiger partial charge in [-0.15, -0.1) is 0 Å². The lowest BCUT2D eigenvalue weighted by atomic mass is 9.93. The molecule has 2 aliphatic rings. The normalized spacial score (nSPS) is 17.3. The average molecular weight is 498 g/mol. The zero-order chi connectivity index (χ0) is 24.3. The zero-order valence-corrected chi connectivity index (χ0v) is 20.4. The van der Waals surface area contributed by atoms with E-state index in [0.717, 1.165) is 51.0 Å². The SMILES string of the molecule is O=C(NC1CCC1)c1ccc2nc(-c3cccc(NS(=O)(=O)NCCN4CCNCC4)c3)cn2c1. The smallest absolute Gasteiger partial charge is 0.299 e. The summed E-state index contributed by atoms with van der Waals surface area (Å²) in [6, 6.07) is 11.0. The molecule has 1 saturated carbocycles. The standard InChI is InChI=1S/C24H31N7O3S/c32-24(27-20-4-2-5-20)19-7-8-23-28-22(17-31(23)16-19)18-3-1-6-21(15-18)29-35(33,34)26-11-14-30-12-9-25-10-13-30/h1,3,6-8,15-17,20,25-26,29H,2,4-5,9-14H2,(H,27,32). The van der Waals surface area contributed by atoms with E-state index in [1.807, 2.05) is 22.7 Å². The maximum absolute atomic E-state index is 12.5. The molecule has 1 amide bonds. The quantitative estimate of drug-likeness (QED) is 0.355. The van der Waals surface area contributed by atoms with Gasteiger partial charge in [-0.25, -0.2) is 4.98 Å². The van der Waals surface area contributed by atoms with E-state index in [0.29, 0.717) is 35.7 Å². The van der Waals surface area contributed by atoms with Gasteiger partial charge in [0.2, 0.25) is 0 Å². The molecule has 11 heteroatoms. The molecule has 1 aliphatic carbocycles. The first-order chi connectivity index (χ1) is 16.9. The number of carbonyl (C=O) groups is 1. The predicted molar refractivity (Wildman–Crippen MR) is 136 cm³/mol. The molecule has 0 atom stereocenters. The van der Waals surface area contributed by atoms with Crippen molar-refractivity contribution in [3.63, 3.8) is 0 Å². The minimum absolute atomic E-state index is 0.0762. The van der Waals surface area contributed by atoms with Gasteiger partial charge in [-0.1, -0.05) is 12.1 Å². The summed E-state index contributed by atoms with van der Waals surface area (Å²) < 4.78 is 32.1. The third kappa shape index (κ3) is 5.99. The number of hydrogen-bond acceptors (Lipinski definition) is 6. The van der Waals surface area contributed by atoms with Crippen LogP contribution in [-0.2, 0) is 10.2 Å². The fourth-order valence-electron chi connectivity index (χ4n) is 4.29. The molecular formula is C24H31N7O3S. The summed E-state index contributed by atoms with van der Waals surface area (Å²) in [6.07, 6.45) is 6.85. The molecule has 0 unspecified atom stereocenters. The molecule has 35 heavy (non-hydrogen) atoms. The van der Waals surface area contributed by atoms with Gasteiger partial charge in [0.25, 0.3) is 16.1 Å². The Morgan fingerprint density at radius 2 is 1.94 bits per heavy atom. The van der Waals surface area contributed by atoms with Crippen LogP contribution in [0.25, 0.3) is 16.9 Å². The Hall–Kier alpha value is -2.99. The molecule has 4 N–H and O–H groups in total.